The quantitative estimate of drug-likeness (QED) is 0.564. The Morgan fingerprint density at radius 1 is 1.12 bits per heavy atom. The summed E-state index contributed by atoms with van der Waals surface area (Å²) in [7, 11) is 0. The highest BCUT2D eigenvalue weighted by atomic mass is 16.5. The lowest BCUT2D eigenvalue weighted by molar-refractivity contribution is -0.137. The molecule has 0 aromatic carbocycles. The van der Waals surface area contributed by atoms with E-state index in [0.29, 0.717) is 6.61 Å². The number of carbonyl (C=O) groups excluding carboxylic acids is 1. The van der Waals surface area contributed by atoms with Crippen LogP contribution in [0, 0.1) is 35.0 Å². The van der Waals surface area contributed by atoms with E-state index in [1.165, 1.54) is 44.1 Å². The molecule has 1 N–H and O–H groups in total. The highest BCUT2D eigenvalue weighted by Crippen LogP contribution is 2.64. The van der Waals surface area contributed by atoms with Gasteiger partial charge in [0.1, 0.15) is 0 Å². The Balaban J connectivity index is 1.52. The van der Waals surface area contributed by atoms with Crippen molar-refractivity contribution in [2.24, 2.45) is 35.0 Å². The monoisotopic (exact) mass is 360 g/mol. The fraction of sp³-hybridized carbons (Fsp3) is 0.870. The summed E-state index contributed by atoms with van der Waals surface area (Å²) in [6.45, 7) is 6.79. The number of fused-ring (bicyclic) bond motifs is 5. The molecule has 0 unspecified atom stereocenters. The van der Waals surface area contributed by atoms with Crippen LogP contribution in [0.25, 0.3) is 0 Å². The van der Waals surface area contributed by atoms with Crippen molar-refractivity contribution in [2.75, 3.05) is 6.61 Å². The highest BCUT2D eigenvalue weighted by Gasteiger charge is 2.56. The van der Waals surface area contributed by atoms with Crippen LogP contribution in [0.1, 0.15) is 78.6 Å². The minimum Gasteiger partial charge on any atom is -0.463 e. The van der Waals surface area contributed by atoms with E-state index in [-0.39, 0.29) is 11.4 Å². The van der Waals surface area contributed by atoms with Crippen molar-refractivity contribution < 1.29 is 14.6 Å². The molecule has 0 aromatic rings. The smallest absolute Gasteiger partial charge is 0.330 e. The van der Waals surface area contributed by atoms with Crippen LogP contribution in [0.3, 0.4) is 0 Å². The summed E-state index contributed by atoms with van der Waals surface area (Å²) in [4.78, 5) is 12.0. The van der Waals surface area contributed by atoms with Gasteiger partial charge in [0.05, 0.1) is 12.2 Å². The predicted molar refractivity (Wildman–Crippen MR) is 102 cm³/mol. The van der Waals surface area contributed by atoms with Gasteiger partial charge in [0.25, 0.3) is 0 Å². The van der Waals surface area contributed by atoms with Gasteiger partial charge in [0.2, 0.25) is 0 Å². The molecule has 0 aliphatic heterocycles. The number of allylic oxidation sites excluding steroid dienone is 1. The molecule has 26 heavy (non-hydrogen) atoms. The lowest BCUT2D eigenvalue weighted by Gasteiger charge is -2.56. The minimum absolute atomic E-state index is 0.148. The summed E-state index contributed by atoms with van der Waals surface area (Å²) in [5.74, 6) is 3.84. The van der Waals surface area contributed by atoms with Crippen LogP contribution in [0.4, 0.5) is 0 Å². The topological polar surface area (TPSA) is 46.5 Å². The molecular formula is C23H36O3. The van der Waals surface area contributed by atoms with Crippen molar-refractivity contribution >= 4 is 5.97 Å². The molecule has 0 spiro atoms. The van der Waals surface area contributed by atoms with Crippen LogP contribution in [0.2, 0.25) is 0 Å². The molecule has 0 amide bonds. The number of carbonyl (C=O) groups is 1. The molecule has 0 heterocycles. The van der Waals surface area contributed by atoms with Crippen molar-refractivity contribution in [1.29, 1.82) is 0 Å². The Labute approximate surface area is 158 Å². The lowest BCUT2D eigenvalue weighted by atomic mass is 9.49. The van der Waals surface area contributed by atoms with Gasteiger partial charge in [-0.25, -0.2) is 4.79 Å². The average Bonchev–Trinajstić information content (AvgIpc) is 2.90. The highest BCUT2D eigenvalue weighted by molar-refractivity contribution is 5.83. The molecule has 7 atom stereocenters. The molecule has 0 radical (unpaired) electrons. The molecule has 4 fully saturated rings. The van der Waals surface area contributed by atoms with E-state index >= 15 is 0 Å². The van der Waals surface area contributed by atoms with Gasteiger partial charge in [-0.1, -0.05) is 12.5 Å². The molecule has 4 rings (SSSR count). The van der Waals surface area contributed by atoms with Gasteiger partial charge in [0.15, 0.2) is 0 Å². The fourth-order valence-electron chi connectivity index (χ4n) is 7.49. The first kappa shape index (κ1) is 18.5. The minimum atomic E-state index is -0.430. The van der Waals surface area contributed by atoms with Gasteiger partial charge in [-0.05, 0) is 107 Å². The summed E-state index contributed by atoms with van der Waals surface area (Å²) < 4.78 is 5.19. The normalized spacial score (nSPS) is 49.2. The molecule has 3 heteroatoms. The third kappa shape index (κ3) is 3.04. The first-order valence-electron chi connectivity index (χ1n) is 10.9. The van der Waals surface area contributed by atoms with Crippen molar-refractivity contribution in [3.05, 3.63) is 11.6 Å². The van der Waals surface area contributed by atoms with E-state index in [1.807, 2.05) is 19.9 Å². The van der Waals surface area contributed by atoms with Crippen molar-refractivity contribution in [3.8, 4) is 0 Å². The maximum Gasteiger partial charge on any atom is 0.330 e. The van der Waals surface area contributed by atoms with Crippen LogP contribution >= 0.6 is 0 Å². The zero-order valence-corrected chi connectivity index (χ0v) is 16.8. The van der Waals surface area contributed by atoms with Crippen molar-refractivity contribution in [3.63, 3.8) is 0 Å². The second-order valence-corrected chi connectivity index (χ2v) is 10.1. The molecular weight excluding hydrogens is 324 g/mol. The number of esters is 1. The molecule has 4 aliphatic carbocycles. The Kier molecular flexibility index (Phi) is 4.74. The largest absolute Gasteiger partial charge is 0.463 e. The lowest BCUT2D eigenvalue weighted by Crippen LogP contribution is -2.49. The second-order valence-electron chi connectivity index (χ2n) is 10.1. The van der Waals surface area contributed by atoms with E-state index in [9.17, 15) is 9.90 Å². The van der Waals surface area contributed by atoms with Crippen molar-refractivity contribution in [1.82, 2.24) is 0 Å². The zero-order chi connectivity index (χ0) is 18.5. The predicted octanol–water partition coefficient (Wildman–Crippen LogP) is 4.88. The van der Waals surface area contributed by atoms with Crippen LogP contribution in [-0.4, -0.2) is 23.3 Å². The Bertz CT molecular complexity index is 592. The maximum atomic E-state index is 12.0. The summed E-state index contributed by atoms with van der Waals surface area (Å²) >= 11 is 0. The molecule has 146 valence electrons. The molecule has 3 nitrogen and oxygen atoms in total. The summed E-state index contributed by atoms with van der Waals surface area (Å²) in [5, 5.41) is 10.5. The molecule has 0 bridgehead atoms. The third-order valence-corrected chi connectivity index (χ3v) is 8.66. The molecule has 0 saturated heterocycles. The molecule has 4 aliphatic rings. The SMILES string of the molecule is CCOC(=O)C=C1CC[C@H]2[C@@H]3CC[C@@H]4C[C@](C)(O)CC[C@@H]4[C@H]3CC[C@]12C. The van der Waals surface area contributed by atoms with Crippen LogP contribution in [0.5, 0.6) is 0 Å². The summed E-state index contributed by atoms with van der Waals surface area (Å²) in [6.07, 6.45) is 12.5. The van der Waals surface area contributed by atoms with E-state index in [2.05, 4.69) is 6.92 Å². The second kappa shape index (κ2) is 6.65. The maximum absolute atomic E-state index is 12.0. The first-order valence-corrected chi connectivity index (χ1v) is 10.9. The number of ether oxygens (including phenoxy) is 1. The Morgan fingerprint density at radius 3 is 2.65 bits per heavy atom. The average molecular weight is 361 g/mol. The fourth-order valence-corrected chi connectivity index (χ4v) is 7.49. The molecule has 0 aromatic heterocycles. The van der Waals surface area contributed by atoms with Gasteiger partial charge in [-0.2, -0.15) is 0 Å². The summed E-state index contributed by atoms with van der Waals surface area (Å²) in [5.41, 5.74) is 1.13. The van der Waals surface area contributed by atoms with Gasteiger partial charge < -0.3 is 9.84 Å². The van der Waals surface area contributed by atoms with Gasteiger partial charge >= 0.3 is 5.97 Å². The van der Waals surface area contributed by atoms with Gasteiger partial charge in [-0.3, -0.25) is 0 Å². The number of rotatable bonds is 2. The third-order valence-electron chi connectivity index (χ3n) is 8.66. The number of aliphatic hydroxyl groups is 1. The van der Waals surface area contributed by atoms with E-state index in [1.54, 1.807) is 0 Å². The van der Waals surface area contributed by atoms with E-state index in [0.717, 1.165) is 48.9 Å². The van der Waals surface area contributed by atoms with E-state index < -0.39 is 5.60 Å². The van der Waals surface area contributed by atoms with Crippen LogP contribution < -0.4 is 0 Å². The van der Waals surface area contributed by atoms with Crippen LogP contribution in [-0.2, 0) is 9.53 Å². The van der Waals surface area contributed by atoms with Crippen LogP contribution in [0.15, 0.2) is 11.6 Å². The number of hydrogen-bond donors (Lipinski definition) is 1. The van der Waals surface area contributed by atoms with Crippen molar-refractivity contribution in [2.45, 2.75) is 84.2 Å². The van der Waals surface area contributed by atoms with E-state index in [4.69, 9.17) is 4.74 Å². The van der Waals surface area contributed by atoms with Gasteiger partial charge in [-0.15, -0.1) is 0 Å². The Morgan fingerprint density at radius 2 is 1.88 bits per heavy atom. The number of hydrogen-bond acceptors (Lipinski definition) is 3. The Hall–Kier alpha value is -0.830. The first-order chi connectivity index (χ1) is 12.3. The standard InChI is InChI=1S/C23H36O3/c1-4-26-21(24)13-16-6-8-20-19-7-5-15-14-22(2,25)11-9-17(15)18(19)10-12-23(16,20)3/h13,15,17-20,25H,4-12,14H2,1-3H3/t15-,17+,18-,19-,20+,22-,23-/m1/s1. The zero-order valence-electron chi connectivity index (χ0n) is 16.8. The van der Waals surface area contributed by atoms with Gasteiger partial charge in [0, 0.05) is 6.08 Å². The summed E-state index contributed by atoms with van der Waals surface area (Å²) in [6, 6.07) is 0. The molecule has 4 saturated carbocycles.